The molecular weight excluding hydrogens is 452 g/mol. The average molecular weight is 487 g/mol. The Hall–Kier alpha value is -3.16. The number of nitrogens with one attached hydrogen (secondary N) is 2. The van der Waals surface area contributed by atoms with Gasteiger partial charge in [0.25, 0.3) is 0 Å². The topological polar surface area (TPSA) is 77.7 Å². The van der Waals surface area contributed by atoms with Crippen molar-refractivity contribution in [1.82, 2.24) is 20.1 Å². The number of esters is 1. The molecule has 3 aromatic rings. The number of hydrogen-bond acceptors (Lipinski definition) is 5. The summed E-state index contributed by atoms with van der Waals surface area (Å²) < 4.78 is 5.36. The number of aromatic nitrogens is 1. The predicted octanol–water partition coefficient (Wildman–Crippen LogP) is 3.72. The van der Waals surface area contributed by atoms with Gasteiger partial charge >= 0.3 is 5.97 Å². The number of methoxy groups -OCH3 is 1. The monoisotopic (exact) mass is 486 g/mol. The van der Waals surface area contributed by atoms with E-state index in [-0.39, 0.29) is 36.0 Å². The highest BCUT2D eigenvalue weighted by Gasteiger charge is 2.49. The van der Waals surface area contributed by atoms with Gasteiger partial charge in [0.15, 0.2) is 0 Å². The van der Waals surface area contributed by atoms with Gasteiger partial charge in [-0.2, -0.15) is 0 Å². The van der Waals surface area contributed by atoms with Crippen LogP contribution >= 0.6 is 0 Å². The summed E-state index contributed by atoms with van der Waals surface area (Å²) >= 11 is 0. The Morgan fingerprint density at radius 2 is 1.78 bits per heavy atom. The van der Waals surface area contributed by atoms with Crippen molar-refractivity contribution in [2.75, 3.05) is 20.2 Å². The van der Waals surface area contributed by atoms with E-state index in [0.29, 0.717) is 12.5 Å². The third-order valence-electron chi connectivity index (χ3n) is 8.45. The first-order valence-corrected chi connectivity index (χ1v) is 13.0. The van der Waals surface area contributed by atoms with Crippen LogP contribution in [0.2, 0.25) is 0 Å². The maximum atomic E-state index is 13.2. The summed E-state index contributed by atoms with van der Waals surface area (Å²) in [6.07, 6.45) is 3.49. The quantitative estimate of drug-likeness (QED) is 0.550. The van der Waals surface area contributed by atoms with E-state index >= 15 is 0 Å². The number of hydrogen-bond donors (Lipinski definition) is 2. The van der Waals surface area contributed by atoms with Crippen LogP contribution in [-0.4, -0.2) is 65.0 Å². The predicted molar refractivity (Wildman–Crippen MR) is 138 cm³/mol. The van der Waals surface area contributed by atoms with Crippen LogP contribution in [0.25, 0.3) is 10.9 Å². The molecule has 1 aromatic heterocycles. The Kier molecular flexibility index (Phi) is 6.05. The molecule has 2 N–H and O–H groups in total. The van der Waals surface area contributed by atoms with E-state index in [4.69, 9.17) is 4.74 Å². The summed E-state index contributed by atoms with van der Waals surface area (Å²) in [5.41, 5.74) is 4.84. The Balaban J connectivity index is 1.43. The van der Waals surface area contributed by atoms with E-state index in [2.05, 4.69) is 68.6 Å². The molecule has 7 nitrogen and oxygen atoms in total. The van der Waals surface area contributed by atoms with Crippen molar-refractivity contribution in [2.45, 2.75) is 62.8 Å². The van der Waals surface area contributed by atoms with Gasteiger partial charge in [-0.25, -0.2) is 0 Å². The smallest absolute Gasteiger partial charge is 0.323 e. The third-order valence-corrected chi connectivity index (χ3v) is 8.45. The zero-order valence-electron chi connectivity index (χ0n) is 20.9. The standard InChI is InChI=1S/C29H34N4O3/c1-18(34)30-20-12-13-32(17-20)21-14-25(19-8-4-3-5-9-19)33-26(15-21)28-23(16-27(33)29(35)36-2)22-10-6-7-11-24(22)31-28/h3-11,20-21,25-27,31H,12-17H2,1-2H3,(H,30,34). The molecule has 0 spiro atoms. The summed E-state index contributed by atoms with van der Waals surface area (Å²) in [4.78, 5) is 33.6. The van der Waals surface area contributed by atoms with Gasteiger partial charge in [-0.1, -0.05) is 48.5 Å². The summed E-state index contributed by atoms with van der Waals surface area (Å²) in [5, 5.41) is 4.31. The number of nitrogens with zero attached hydrogens (tertiary/aromatic N) is 2. The van der Waals surface area contributed by atoms with E-state index in [0.717, 1.165) is 37.9 Å². The second-order valence-electron chi connectivity index (χ2n) is 10.5. The highest BCUT2D eigenvalue weighted by molar-refractivity contribution is 5.87. The van der Waals surface area contributed by atoms with E-state index in [1.165, 1.54) is 29.3 Å². The summed E-state index contributed by atoms with van der Waals surface area (Å²) in [6.45, 7) is 3.45. The first kappa shape index (κ1) is 23.3. The van der Waals surface area contributed by atoms with Crippen molar-refractivity contribution in [1.29, 1.82) is 0 Å². The first-order valence-electron chi connectivity index (χ1n) is 13.0. The fraction of sp³-hybridized carbons (Fsp3) is 0.448. The molecule has 4 heterocycles. The molecule has 1 amide bonds. The molecule has 2 fully saturated rings. The normalized spacial score (nSPS) is 28.4. The van der Waals surface area contributed by atoms with Crippen LogP contribution in [0, 0.1) is 0 Å². The van der Waals surface area contributed by atoms with Crippen LogP contribution in [0.1, 0.15) is 55.1 Å². The molecule has 36 heavy (non-hydrogen) atoms. The minimum absolute atomic E-state index is 0.0368. The van der Waals surface area contributed by atoms with Crippen LogP contribution in [0.3, 0.4) is 0 Å². The number of likely N-dealkylation sites (tertiary alicyclic amines) is 1. The van der Waals surface area contributed by atoms with Gasteiger partial charge in [0.05, 0.1) is 13.2 Å². The lowest BCUT2D eigenvalue weighted by atomic mass is 9.79. The molecule has 188 valence electrons. The number of carbonyl (C=O) groups excluding carboxylic acids is 2. The molecule has 6 rings (SSSR count). The van der Waals surface area contributed by atoms with Crippen molar-refractivity contribution >= 4 is 22.8 Å². The molecule has 5 unspecified atom stereocenters. The SMILES string of the molecule is COC(=O)C1Cc2c([nH]c3ccccc23)C2CC(N3CCC(NC(C)=O)C3)CC(c3ccccc3)N12. The number of rotatable bonds is 4. The Labute approximate surface area is 211 Å². The largest absolute Gasteiger partial charge is 0.468 e. The molecule has 2 aromatic carbocycles. The van der Waals surface area contributed by atoms with Crippen LogP contribution in [0.5, 0.6) is 0 Å². The second-order valence-corrected chi connectivity index (χ2v) is 10.5. The lowest BCUT2D eigenvalue weighted by Gasteiger charge is -2.52. The number of aromatic amines is 1. The zero-order valence-corrected chi connectivity index (χ0v) is 20.9. The van der Waals surface area contributed by atoms with Crippen LogP contribution in [0.15, 0.2) is 54.6 Å². The van der Waals surface area contributed by atoms with E-state index in [1.807, 2.05) is 6.07 Å². The van der Waals surface area contributed by atoms with Gasteiger partial charge in [0.2, 0.25) is 5.91 Å². The van der Waals surface area contributed by atoms with Gasteiger partial charge in [0.1, 0.15) is 6.04 Å². The minimum atomic E-state index is -0.330. The molecule has 0 saturated carbocycles. The number of carbonyl (C=O) groups is 2. The lowest BCUT2D eigenvalue weighted by molar-refractivity contribution is -0.152. The van der Waals surface area contributed by atoms with Gasteiger partial charge < -0.3 is 15.0 Å². The highest BCUT2D eigenvalue weighted by Crippen LogP contribution is 2.50. The summed E-state index contributed by atoms with van der Waals surface area (Å²) in [5.74, 6) is -0.128. The molecule has 5 atom stereocenters. The fourth-order valence-corrected chi connectivity index (χ4v) is 6.94. The zero-order chi connectivity index (χ0) is 24.8. The number of fused-ring (bicyclic) bond motifs is 5. The first-order chi connectivity index (χ1) is 17.5. The third kappa shape index (κ3) is 4.00. The number of benzene rings is 2. The van der Waals surface area contributed by atoms with Crippen LogP contribution in [0.4, 0.5) is 0 Å². The number of para-hydroxylation sites is 1. The maximum Gasteiger partial charge on any atom is 0.323 e. The molecule has 2 saturated heterocycles. The molecule has 0 bridgehead atoms. The molecule has 3 aliphatic heterocycles. The molecular formula is C29H34N4O3. The van der Waals surface area contributed by atoms with Gasteiger partial charge in [-0.15, -0.1) is 0 Å². The Morgan fingerprint density at radius 1 is 1.03 bits per heavy atom. The Morgan fingerprint density at radius 3 is 2.56 bits per heavy atom. The van der Waals surface area contributed by atoms with E-state index < -0.39 is 0 Å². The fourth-order valence-electron chi connectivity index (χ4n) is 6.94. The van der Waals surface area contributed by atoms with Gasteiger partial charge in [-0.3, -0.25) is 19.4 Å². The maximum absolute atomic E-state index is 13.2. The molecule has 3 aliphatic rings. The lowest BCUT2D eigenvalue weighted by Crippen LogP contribution is -2.56. The number of H-pyrrole nitrogens is 1. The van der Waals surface area contributed by atoms with E-state index in [9.17, 15) is 9.59 Å². The van der Waals surface area contributed by atoms with Gasteiger partial charge in [-0.05, 0) is 36.5 Å². The van der Waals surface area contributed by atoms with Crippen molar-refractivity contribution in [3.05, 3.63) is 71.4 Å². The van der Waals surface area contributed by atoms with E-state index in [1.54, 1.807) is 6.92 Å². The van der Waals surface area contributed by atoms with Crippen molar-refractivity contribution in [3.63, 3.8) is 0 Å². The highest BCUT2D eigenvalue weighted by atomic mass is 16.5. The average Bonchev–Trinajstić information content (AvgIpc) is 3.52. The second kappa shape index (κ2) is 9.37. The van der Waals surface area contributed by atoms with Crippen LogP contribution in [-0.2, 0) is 20.7 Å². The van der Waals surface area contributed by atoms with Crippen molar-refractivity contribution < 1.29 is 14.3 Å². The molecule has 0 radical (unpaired) electrons. The minimum Gasteiger partial charge on any atom is -0.468 e. The van der Waals surface area contributed by atoms with Gasteiger partial charge in [0, 0.05) is 61.2 Å². The Bertz CT molecular complexity index is 1270. The van der Waals surface area contributed by atoms with Crippen LogP contribution < -0.4 is 5.32 Å². The van der Waals surface area contributed by atoms with Crippen molar-refractivity contribution in [2.24, 2.45) is 0 Å². The summed E-state index contributed by atoms with van der Waals surface area (Å²) in [6, 6.07) is 19.4. The number of piperidine rings is 1. The summed E-state index contributed by atoms with van der Waals surface area (Å²) in [7, 11) is 1.50. The molecule has 7 heteroatoms. The molecule has 0 aliphatic carbocycles. The van der Waals surface area contributed by atoms with Crippen molar-refractivity contribution in [3.8, 4) is 0 Å². The number of amides is 1. The number of ether oxygens (including phenoxy) is 1.